The quantitative estimate of drug-likeness (QED) is 0.745. The smallest absolute Gasteiger partial charge is 0.261 e. The Kier molecular flexibility index (Phi) is 2.78. The number of hydrogen-bond donors (Lipinski definition) is 3. The first-order valence-electron chi connectivity index (χ1n) is 4.52. The Labute approximate surface area is 96.6 Å². The summed E-state index contributed by atoms with van der Waals surface area (Å²) in [4.78, 5) is 11.7. The van der Waals surface area contributed by atoms with Crippen LogP contribution in [0.15, 0.2) is 30.5 Å². The molecule has 1 aromatic heterocycles. The number of rotatable bonds is 2. The number of benzene rings is 1. The largest absolute Gasteiger partial charge is 0.383 e. The molecule has 0 fully saturated rings. The molecule has 0 saturated carbocycles. The van der Waals surface area contributed by atoms with Crippen molar-refractivity contribution in [1.82, 2.24) is 10.2 Å². The summed E-state index contributed by atoms with van der Waals surface area (Å²) in [6.45, 7) is 0. The SMILES string of the molecule is Nc1[nH]ncc1C(=O)Nc1cccc(Cl)c1. The number of hydrogen-bond acceptors (Lipinski definition) is 3. The first-order chi connectivity index (χ1) is 7.66. The summed E-state index contributed by atoms with van der Waals surface area (Å²) in [6.07, 6.45) is 1.37. The first-order valence-corrected chi connectivity index (χ1v) is 4.90. The van der Waals surface area contributed by atoms with Gasteiger partial charge in [-0.1, -0.05) is 17.7 Å². The molecule has 0 unspecified atom stereocenters. The fraction of sp³-hybridized carbons (Fsp3) is 0. The fourth-order valence-corrected chi connectivity index (χ4v) is 1.43. The van der Waals surface area contributed by atoms with E-state index in [0.29, 0.717) is 16.3 Å². The molecule has 82 valence electrons. The van der Waals surface area contributed by atoms with Gasteiger partial charge in [0.2, 0.25) is 0 Å². The number of carbonyl (C=O) groups is 1. The van der Waals surface area contributed by atoms with Crippen LogP contribution < -0.4 is 11.1 Å². The lowest BCUT2D eigenvalue weighted by atomic mass is 10.2. The van der Waals surface area contributed by atoms with Crippen molar-refractivity contribution in [2.45, 2.75) is 0 Å². The Balaban J connectivity index is 2.17. The van der Waals surface area contributed by atoms with Crippen LogP contribution in [0.2, 0.25) is 5.02 Å². The molecule has 1 amide bonds. The molecule has 6 heteroatoms. The van der Waals surface area contributed by atoms with Crippen LogP contribution in [-0.4, -0.2) is 16.1 Å². The number of aromatic amines is 1. The lowest BCUT2D eigenvalue weighted by molar-refractivity contribution is 0.102. The number of halogens is 1. The summed E-state index contributed by atoms with van der Waals surface area (Å²) in [7, 11) is 0. The highest BCUT2D eigenvalue weighted by Crippen LogP contribution is 2.16. The summed E-state index contributed by atoms with van der Waals surface area (Å²) >= 11 is 5.79. The molecule has 0 radical (unpaired) electrons. The molecule has 1 heterocycles. The van der Waals surface area contributed by atoms with Crippen molar-refractivity contribution in [2.24, 2.45) is 0 Å². The topological polar surface area (TPSA) is 83.8 Å². The lowest BCUT2D eigenvalue weighted by Gasteiger charge is -2.04. The van der Waals surface area contributed by atoms with Gasteiger partial charge in [0, 0.05) is 10.7 Å². The average Bonchev–Trinajstić information content (AvgIpc) is 2.64. The standard InChI is InChI=1S/C10H9ClN4O/c11-6-2-1-3-7(4-6)14-10(16)8-5-13-15-9(8)12/h1-5H,(H,14,16)(H3,12,13,15). The Bertz CT molecular complexity index is 523. The van der Waals surface area contributed by atoms with E-state index in [0.717, 1.165) is 0 Å². The van der Waals surface area contributed by atoms with E-state index in [2.05, 4.69) is 15.5 Å². The first kappa shape index (κ1) is 10.5. The number of nitrogens with two attached hydrogens (primary N) is 1. The summed E-state index contributed by atoms with van der Waals surface area (Å²) in [6, 6.07) is 6.86. The zero-order chi connectivity index (χ0) is 11.5. The van der Waals surface area contributed by atoms with E-state index in [4.69, 9.17) is 17.3 Å². The van der Waals surface area contributed by atoms with Crippen molar-refractivity contribution in [2.75, 3.05) is 11.1 Å². The Morgan fingerprint density at radius 2 is 2.31 bits per heavy atom. The molecule has 1 aromatic carbocycles. The van der Waals surface area contributed by atoms with Crippen LogP contribution in [0, 0.1) is 0 Å². The highest BCUT2D eigenvalue weighted by atomic mass is 35.5. The van der Waals surface area contributed by atoms with Crippen LogP contribution in [0.3, 0.4) is 0 Å². The van der Waals surface area contributed by atoms with Crippen molar-refractivity contribution >= 4 is 29.0 Å². The van der Waals surface area contributed by atoms with Crippen molar-refractivity contribution in [3.8, 4) is 0 Å². The van der Waals surface area contributed by atoms with Crippen LogP contribution in [0.4, 0.5) is 11.5 Å². The van der Waals surface area contributed by atoms with Gasteiger partial charge in [0.25, 0.3) is 5.91 Å². The van der Waals surface area contributed by atoms with E-state index in [9.17, 15) is 4.79 Å². The molecule has 0 aliphatic carbocycles. The molecule has 0 spiro atoms. The third kappa shape index (κ3) is 2.14. The van der Waals surface area contributed by atoms with Gasteiger partial charge in [0.15, 0.2) is 0 Å². The maximum Gasteiger partial charge on any atom is 0.261 e. The van der Waals surface area contributed by atoms with Crippen molar-refractivity contribution < 1.29 is 4.79 Å². The summed E-state index contributed by atoms with van der Waals surface area (Å²) in [5, 5.41) is 9.37. The van der Waals surface area contributed by atoms with E-state index < -0.39 is 0 Å². The zero-order valence-corrected chi connectivity index (χ0v) is 8.95. The number of amides is 1. The summed E-state index contributed by atoms with van der Waals surface area (Å²) in [5.41, 5.74) is 6.43. The number of carbonyl (C=O) groups excluding carboxylic acids is 1. The van der Waals surface area contributed by atoms with Gasteiger partial charge in [-0.2, -0.15) is 5.10 Å². The number of nitrogens with one attached hydrogen (secondary N) is 2. The minimum atomic E-state index is -0.325. The molecule has 0 aliphatic heterocycles. The minimum Gasteiger partial charge on any atom is -0.383 e. The molecule has 0 atom stereocenters. The molecule has 0 saturated heterocycles. The van der Waals surface area contributed by atoms with Gasteiger partial charge in [-0.25, -0.2) is 0 Å². The van der Waals surface area contributed by atoms with Crippen LogP contribution in [0.5, 0.6) is 0 Å². The van der Waals surface area contributed by atoms with Crippen LogP contribution in [0.1, 0.15) is 10.4 Å². The fourth-order valence-electron chi connectivity index (χ4n) is 1.24. The van der Waals surface area contributed by atoms with Gasteiger partial charge >= 0.3 is 0 Å². The van der Waals surface area contributed by atoms with Crippen LogP contribution >= 0.6 is 11.6 Å². The van der Waals surface area contributed by atoms with Crippen LogP contribution in [-0.2, 0) is 0 Å². The van der Waals surface area contributed by atoms with Gasteiger partial charge in [-0.3, -0.25) is 9.89 Å². The molecule has 5 nitrogen and oxygen atoms in total. The zero-order valence-electron chi connectivity index (χ0n) is 8.20. The Morgan fingerprint density at radius 1 is 1.50 bits per heavy atom. The summed E-state index contributed by atoms with van der Waals surface area (Å²) in [5.74, 6) is -0.0898. The second kappa shape index (κ2) is 4.24. The molecule has 2 rings (SSSR count). The molecule has 16 heavy (non-hydrogen) atoms. The molecule has 0 aliphatic rings. The highest BCUT2D eigenvalue weighted by Gasteiger charge is 2.11. The number of nitrogens with zero attached hydrogens (tertiary/aromatic N) is 1. The van der Waals surface area contributed by atoms with E-state index in [1.165, 1.54) is 6.20 Å². The Morgan fingerprint density at radius 3 is 2.94 bits per heavy atom. The van der Waals surface area contributed by atoms with E-state index in [1.807, 2.05) is 0 Å². The van der Waals surface area contributed by atoms with Gasteiger partial charge < -0.3 is 11.1 Å². The Hall–Kier alpha value is -2.01. The molecular weight excluding hydrogens is 228 g/mol. The second-order valence-electron chi connectivity index (χ2n) is 3.16. The van der Waals surface area contributed by atoms with E-state index in [-0.39, 0.29) is 11.7 Å². The highest BCUT2D eigenvalue weighted by molar-refractivity contribution is 6.31. The predicted octanol–water partition coefficient (Wildman–Crippen LogP) is 1.90. The lowest BCUT2D eigenvalue weighted by Crippen LogP contribution is -2.12. The van der Waals surface area contributed by atoms with Crippen molar-refractivity contribution in [3.63, 3.8) is 0 Å². The number of aromatic nitrogens is 2. The number of anilines is 2. The summed E-state index contributed by atoms with van der Waals surface area (Å²) < 4.78 is 0. The van der Waals surface area contributed by atoms with Gasteiger partial charge in [0.05, 0.1) is 6.20 Å². The second-order valence-corrected chi connectivity index (χ2v) is 3.60. The normalized spacial score (nSPS) is 10.1. The van der Waals surface area contributed by atoms with E-state index >= 15 is 0 Å². The van der Waals surface area contributed by atoms with Crippen LogP contribution in [0.25, 0.3) is 0 Å². The van der Waals surface area contributed by atoms with Gasteiger partial charge in [-0.05, 0) is 18.2 Å². The molecule has 2 aromatic rings. The predicted molar refractivity (Wildman–Crippen MR) is 62.4 cm³/mol. The monoisotopic (exact) mass is 236 g/mol. The third-order valence-electron chi connectivity index (χ3n) is 2.00. The van der Waals surface area contributed by atoms with Gasteiger partial charge in [-0.15, -0.1) is 0 Å². The van der Waals surface area contributed by atoms with Crippen molar-refractivity contribution in [3.05, 3.63) is 41.0 Å². The van der Waals surface area contributed by atoms with E-state index in [1.54, 1.807) is 24.3 Å². The molecule has 0 bridgehead atoms. The maximum atomic E-state index is 11.7. The maximum absolute atomic E-state index is 11.7. The van der Waals surface area contributed by atoms with Crippen molar-refractivity contribution in [1.29, 1.82) is 0 Å². The number of nitrogen functional groups attached to an aromatic ring is 1. The molecular formula is C10H9ClN4O. The number of H-pyrrole nitrogens is 1. The molecule has 4 N–H and O–H groups in total. The van der Waals surface area contributed by atoms with Gasteiger partial charge in [0.1, 0.15) is 11.4 Å². The minimum absolute atomic E-state index is 0.236. The third-order valence-corrected chi connectivity index (χ3v) is 2.23. The average molecular weight is 237 g/mol.